The number of aliphatic imine (C=N–C) groups is 1. The van der Waals surface area contributed by atoms with Crippen molar-refractivity contribution in [2.45, 2.75) is 32.9 Å². The summed E-state index contributed by atoms with van der Waals surface area (Å²) < 4.78 is 0. The average Bonchev–Trinajstić information content (AvgIpc) is 2.08. The van der Waals surface area contributed by atoms with E-state index in [-0.39, 0.29) is 15.9 Å². The van der Waals surface area contributed by atoms with Gasteiger partial charge in [0.05, 0.1) is 5.25 Å². The molecule has 0 radical (unpaired) electrons. The van der Waals surface area contributed by atoms with Gasteiger partial charge in [-0.3, -0.25) is 4.79 Å². The molecule has 1 heterocycles. The third-order valence-corrected chi connectivity index (χ3v) is 2.51. The van der Waals surface area contributed by atoms with E-state index in [1.54, 1.807) is 0 Å². The molecule has 0 saturated heterocycles. The number of hydrogen-bond donors (Lipinski definition) is 0. The number of carbonyl (C=O) groups is 1. The largest absolute Gasteiger partial charge is 0.305 e. The maximum absolute atomic E-state index is 10.9. The molecule has 11 heavy (non-hydrogen) atoms. The van der Waals surface area contributed by atoms with Crippen LogP contribution in [0.15, 0.2) is 4.99 Å². The summed E-state index contributed by atoms with van der Waals surface area (Å²) in [6.07, 6.45) is 0. The Morgan fingerprint density at radius 1 is 1.45 bits per heavy atom. The molecule has 62 valence electrons. The molecule has 0 unspecified atom stereocenters. The Labute approximate surface area is 71.5 Å². The molecule has 0 N–H and O–H groups in total. The van der Waals surface area contributed by atoms with Crippen LogP contribution in [-0.2, 0) is 0 Å². The molecule has 0 aromatic carbocycles. The molecular formula is C8H13NOS. The monoisotopic (exact) mass is 171 g/mol. The lowest BCUT2D eigenvalue weighted by atomic mass is 9.88. The van der Waals surface area contributed by atoms with Crippen LogP contribution in [-0.4, -0.2) is 16.2 Å². The maximum Gasteiger partial charge on any atom is 0.305 e. The minimum atomic E-state index is -0.0394. The molecule has 0 spiro atoms. The van der Waals surface area contributed by atoms with Gasteiger partial charge in [0.15, 0.2) is 0 Å². The standard InChI is InChI=1S/C8H13NOS/c1-5-6(8(2,3)4)9-7(10)11-5/h5H,1-4H3/t5-/m1/s1. The fourth-order valence-corrected chi connectivity index (χ4v) is 2.17. The highest BCUT2D eigenvalue weighted by Crippen LogP contribution is 2.31. The smallest absolute Gasteiger partial charge is 0.259 e. The molecule has 0 bridgehead atoms. The predicted molar refractivity (Wildman–Crippen MR) is 49.3 cm³/mol. The molecule has 1 rings (SSSR count). The fraction of sp³-hybridized carbons (Fsp3) is 0.750. The Kier molecular flexibility index (Phi) is 2.10. The zero-order valence-corrected chi connectivity index (χ0v) is 8.16. The van der Waals surface area contributed by atoms with Gasteiger partial charge in [-0.15, -0.1) is 0 Å². The summed E-state index contributed by atoms with van der Waals surface area (Å²) in [4.78, 5) is 14.9. The van der Waals surface area contributed by atoms with Gasteiger partial charge in [0, 0.05) is 11.1 Å². The normalized spacial score (nSPS) is 25.6. The molecule has 0 saturated carbocycles. The van der Waals surface area contributed by atoms with Crippen molar-refractivity contribution >= 4 is 22.7 Å². The van der Waals surface area contributed by atoms with Crippen molar-refractivity contribution in [1.82, 2.24) is 0 Å². The SMILES string of the molecule is C[C@H]1SC(=O)N=C1C(C)(C)C. The lowest BCUT2D eigenvalue weighted by molar-refractivity contribution is 0.267. The van der Waals surface area contributed by atoms with Crippen molar-refractivity contribution in [2.75, 3.05) is 0 Å². The zero-order valence-electron chi connectivity index (χ0n) is 7.34. The van der Waals surface area contributed by atoms with E-state index in [9.17, 15) is 4.79 Å². The fourth-order valence-electron chi connectivity index (χ4n) is 1.20. The van der Waals surface area contributed by atoms with Crippen LogP contribution in [0.3, 0.4) is 0 Å². The van der Waals surface area contributed by atoms with Gasteiger partial charge in [0.25, 0.3) is 0 Å². The lowest BCUT2D eigenvalue weighted by Crippen LogP contribution is -2.25. The van der Waals surface area contributed by atoms with E-state index < -0.39 is 0 Å². The topological polar surface area (TPSA) is 29.4 Å². The highest BCUT2D eigenvalue weighted by atomic mass is 32.2. The van der Waals surface area contributed by atoms with Gasteiger partial charge in [-0.2, -0.15) is 0 Å². The zero-order chi connectivity index (χ0) is 8.65. The van der Waals surface area contributed by atoms with E-state index in [2.05, 4.69) is 25.8 Å². The number of amides is 1. The van der Waals surface area contributed by atoms with Crippen LogP contribution in [0.2, 0.25) is 0 Å². The Morgan fingerprint density at radius 3 is 2.18 bits per heavy atom. The molecule has 0 aromatic rings. The van der Waals surface area contributed by atoms with E-state index in [1.807, 2.05) is 6.92 Å². The lowest BCUT2D eigenvalue weighted by Gasteiger charge is -2.20. The highest BCUT2D eigenvalue weighted by Gasteiger charge is 2.31. The summed E-state index contributed by atoms with van der Waals surface area (Å²) in [5.74, 6) is 0. The molecule has 0 fully saturated rings. The van der Waals surface area contributed by atoms with E-state index in [0.717, 1.165) is 5.71 Å². The second-order valence-electron chi connectivity index (χ2n) is 3.77. The first-order chi connectivity index (χ1) is 4.91. The molecule has 1 amide bonds. The number of hydrogen-bond acceptors (Lipinski definition) is 2. The Hall–Kier alpha value is -0.310. The van der Waals surface area contributed by atoms with Crippen LogP contribution < -0.4 is 0 Å². The quantitative estimate of drug-likeness (QED) is 0.561. The summed E-state index contributed by atoms with van der Waals surface area (Å²) in [6, 6.07) is 0. The average molecular weight is 171 g/mol. The van der Waals surface area contributed by atoms with Crippen molar-refractivity contribution in [3.8, 4) is 0 Å². The second kappa shape index (κ2) is 2.63. The number of thioether (sulfide) groups is 1. The molecule has 1 aliphatic rings. The Morgan fingerprint density at radius 2 is 2.00 bits per heavy atom. The van der Waals surface area contributed by atoms with Crippen LogP contribution in [0.4, 0.5) is 4.79 Å². The van der Waals surface area contributed by atoms with Crippen molar-refractivity contribution in [2.24, 2.45) is 10.4 Å². The molecular weight excluding hydrogens is 158 g/mol. The van der Waals surface area contributed by atoms with Crippen LogP contribution in [0.25, 0.3) is 0 Å². The van der Waals surface area contributed by atoms with Crippen molar-refractivity contribution in [1.29, 1.82) is 0 Å². The molecule has 2 nitrogen and oxygen atoms in total. The third-order valence-electron chi connectivity index (χ3n) is 1.64. The number of carbonyl (C=O) groups excluding carboxylic acids is 1. The Balaban J connectivity index is 2.88. The summed E-state index contributed by atoms with van der Waals surface area (Å²) in [7, 11) is 0. The summed E-state index contributed by atoms with van der Waals surface area (Å²) in [6.45, 7) is 8.28. The van der Waals surface area contributed by atoms with Crippen LogP contribution in [0, 0.1) is 5.41 Å². The van der Waals surface area contributed by atoms with Crippen LogP contribution >= 0.6 is 11.8 Å². The van der Waals surface area contributed by atoms with Crippen molar-refractivity contribution in [3.63, 3.8) is 0 Å². The van der Waals surface area contributed by atoms with Gasteiger partial charge in [-0.1, -0.05) is 32.5 Å². The second-order valence-corrected chi connectivity index (χ2v) is 5.07. The summed E-state index contributed by atoms with van der Waals surface area (Å²) >= 11 is 1.31. The van der Waals surface area contributed by atoms with Crippen molar-refractivity contribution in [3.05, 3.63) is 0 Å². The van der Waals surface area contributed by atoms with E-state index in [0.29, 0.717) is 0 Å². The van der Waals surface area contributed by atoms with Crippen LogP contribution in [0.5, 0.6) is 0 Å². The molecule has 1 aliphatic heterocycles. The van der Waals surface area contributed by atoms with E-state index in [1.165, 1.54) is 11.8 Å². The molecule has 1 atom stereocenters. The summed E-state index contributed by atoms with van der Waals surface area (Å²) in [5.41, 5.74) is 1.06. The van der Waals surface area contributed by atoms with Gasteiger partial charge in [0.1, 0.15) is 0 Å². The predicted octanol–water partition coefficient (Wildman–Crippen LogP) is 2.73. The minimum Gasteiger partial charge on any atom is -0.259 e. The number of rotatable bonds is 0. The van der Waals surface area contributed by atoms with Gasteiger partial charge >= 0.3 is 5.24 Å². The van der Waals surface area contributed by atoms with E-state index in [4.69, 9.17) is 0 Å². The highest BCUT2D eigenvalue weighted by molar-refractivity contribution is 8.15. The summed E-state index contributed by atoms with van der Waals surface area (Å²) in [5, 5.41) is 0.227. The van der Waals surface area contributed by atoms with Gasteiger partial charge < -0.3 is 0 Å². The molecule has 0 aromatic heterocycles. The Bertz CT molecular complexity index is 215. The number of nitrogens with zero attached hydrogens (tertiary/aromatic N) is 1. The first kappa shape index (κ1) is 8.78. The first-order valence-electron chi connectivity index (χ1n) is 3.71. The molecule has 3 heteroatoms. The van der Waals surface area contributed by atoms with Gasteiger partial charge in [-0.25, -0.2) is 4.99 Å². The van der Waals surface area contributed by atoms with Crippen LogP contribution in [0.1, 0.15) is 27.7 Å². The maximum atomic E-state index is 10.9. The first-order valence-corrected chi connectivity index (χ1v) is 4.59. The van der Waals surface area contributed by atoms with Gasteiger partial charge in [-0.05, 0) is 6.92 Å². The van der Waals surface area contributed by atoms with Gasteiger partial charge in [0.2, 0.25) is 0 Å². The third kappa shape index (κ3) is 1.83. The molecule has 0 aliphatic carbocycles. The minimum absolute atomic E-state index is 0.0394. The van der Waals surface area contributed by atoms with E-state index >= 15 is 0 Å². The van der Waals surface area contributed by atoms with Crippen molar-refractivity contribution < 1.29 is 4.79 Å².